The predicted molar refractivity (Wildman–Crippen MR) is 483 cm³/mol. The van der Waals surface area contributed by atoms with Gasteiger partial charge in [-0.25, -0.2) is 0 Å². The summed E-state index contributed by atoms with van der Waals surface area (Å²) in [5.74, 6) is -15.6. The number of amides is 17. The van der Waals surface area contributed by atoms with Gasteiger partial charge in [-0.3, -0.25) is 81.5 Å². The summed E-state index contributed by atoms with van der Waals surface area (Å²) < 4.78 is 0. The van der Waals surface area contributed by atoms with Gasteiger partial charge in [0.1, 0.15) is 90.3 Å². The van der Waals surface area contributed by atoms with Gasteiger partial charge in [0.15, 0.2) is 0 Å². The van der Waals surface area contributed by atoms with Gasteiger partial charge in [0, 0.05) is 106 Å². The third-order valence-electron chi connectivity index (χ3n) is 23.5. The zero-order valence-electron chi connectivity index (χ0n) is 74.5. The number of hydrogen-bond acceptors (Lipinski definition) is 20. The number of para-hydroxylation sites is 2. The van der Waals surface area contributed by atoms with E-state index in [4.69, 9.17) is 17.2 Å². The standard InChI is InChI=1S/C90H126N20O18S/c1-11-15-29-70-83(121)99-62(24-14-4)80(118)105-69(78(116)96-48-75(93)113)49-129-50-76(114)97-66(42-53-33-35-56(111)36-34-53)86(124)106(8)52(7)77(115)100-63(37-38-74(92)112)88(126)109-39-21-32-72(109)85(123)104-68(45-91)82(120)102-65(41-51(5)6)89(127)110-40-22-31-71(110)84(122)101-64(43-54-46-94-59-27-19-17-25-57(54)59)81(119)98-61(23-13-3)79(117)103-67(44-55-47-95-60-28-20-18-26-58(55)60)87(125)108(10)73(30-16-12-2)90(128)107(70)9/h13-14,17-20,25-28,33-36,46-47,51-52,61-73,94-95,111H,3-4,11-12,15-16,21-24,29-32,37-45,48-50,91H2,1-2,5-10H3,(H2,92,112)(H2,93,113)(H,96,116)(H,97,114)(H,98,119)(H,99,121)(H,100,115)(H,101,122)(H,102,120)(H,103,117)(H,104,123)(H,105,118)/t52-,61-,62-,63-,64-,65-,66-,67-,68-,69-,70-,71?,72-,73-/m0/s1. The maximum atomic E-state index is 15.8. The van der Waals surface area contributed by atoms with E-state index < -0.39 is 216 Å². The first kappa shape index (κ1) is 102. The highest BCUT2D eigenvalue weighted by molar-refractivity contribution is 8.00. The lowest BCUT2D eigenvalue weighted by atomic mass is 9.99. The Kier molecular flexibility index (Phi) is 38.7. The molecule has 3 aromatic carbocycles. The van der Waals surface area contributed by atoms with Crippen molar-refractivity contribution in [2.45, 2.75) is 235 Å². The Balaban J connectivity index is 1.17. The van der Waals surface area contributed by atoms with Crippen LogP contribution < -0.4 is 70.4 Å². The van der Waals surface area contributed by atoms with Crippen LogP contribution in [0.3, 0.4) is 0 Å². The molecule has 19 N–H and O–H groups in total. The number of phenolic OH excluding ortho intramolecular Hbond substituents is 1. The molecular formula is C90H126N20O18S. The van der Waals surface area contributed by atoms with E-state index in [1.165, 1.54) is 79.2 Å². The van der Waals surface area contributed by atoms with Gasteiger partial charge >= 0.3 is 0 Å². The molecule has 3 aliphatic rings. The van der Waals surface area contributed by atoms with Crippen molar-refractivity contribution < 1.29 is 86.6 Å². The molecule has 0 spiro atoms. The first-order chi connectivity index (χ1) is 61.5. The predicted octanol–water partition coefficient (Wildman–Crippen LogP) is 0.380. The summed E-state index contributed by atoms with van der Waals surface area (Å²) in [6.07, 6.45) is 6.82. The van der Waals surface area contributed by atoms with E-state index in [-0.39, 0.29) is 102 Å². The number of primary amides is 2. The largest absolute Gasteiger partial charge is 0.508 e. The van der Waals surface area contributed by atoms with Crippen molar-refractivity contribution in [1.29, 1.82) is 0 Å². The van der Waals surface area contributed by atoms with Crippen LogP contribution in [0.1, 0.15) is 148 Å². The fourth-order valence-electron chi connectivity index (χ4n) is 16.1. The molecule has 1 unspecified atom stereocenters. The van der Waals surface area contributed by atoms with Crippen molar-refractivity contribution in [3.05, 3.63) is 127 Å². The second-order valence-corrected chi connectivity index (χ2v) is 34.5. The number of rotatable bonds is 25. The van der Waals surface area contributed by atoms with Crippen molar-refractivity contribution in [1.82, 2.24) is 87.6 Å². The van der Waals surface area contributed by atoms with E-state index in [2.05, 4.69) is 76.3 Å². The summed E-state index contributed by atoms with van der Waals surface area (Å²) in [5.41, 5.74) is 20.2. The number of carbonyl (C=O) groups excluding carboxylic acids is 17. The second-order valence-electron chi connectivity index (χ2n) is 33.4. The maximum Gasteiger partial charge on any atom is 0.245 e. The fourth-order valence-corrected chi connectivity index (χ4v) is 17.0. The third-order valence-corrected chi connectivity index (χ3v) is 24.5. The van der Waals surface area contributed by atoms with Crippen LogP contribution in [0, 0.1) is 5.92 Å². The number of nitrogens with one attached hydrogen (secondary N) is 12. The number of aromatic amines is 2. The molecule has 14 atom stereocenters. The van der Waals surface area contributed by atoms with Crippen LogP contribution >= 0.6 is 11.8 Å². The lowest BCUT2D eigenvalue weighted by Gasteiger charge is -2.36. The molecule has 0 bridgehead atoms. The Morgan fingerprint density at radius 2 is 0.984 bits per heavy atom. The summed E-state index contributed by atoms with van der Waals surface area (Å²) >= 11 is 0.795. The van der Waals surface area contributed by atoms with Gasteiger partial charge < -0.3 is 110 Å². The minimum absolute atomic E-state index is 0.0213. The van der Waals surface area contributed by atoms with Gasteiger partial charge in [-0.1, -0.05) is 114 Å². The summed E-state index contributed by atoms with van der Waals surface area (Å²) in [4.78, 5) is 260. The SMILES string of the molecule is C=CC[C@@H]1NC(=O)[C@H](Cc2c[nH]c3ccccc23)NC(=O)C2CCCN2C(=O)[C@H](CC(C)C)NC(=O)[C@H](CN)NC(=O)[C@@H]2CCCN2C(=O)[C@H](CCC(N)=O)NC(=O)[C@H](C)N(C)C(=O)[C@H](Cc2ccc(O)cc2)NC(=O)CSC[C@@H](C(=O)NCC(N)=O)NC(=O)[C@H](CC=C)NC(=O)[C@H](CCCC)N(C)C(=O)[C@H](CCCC)N(C)C(=O)[C@H](Cc2c[nH]c3ccccc23)NC1=O. The van der Waals surface area contributed by atoms with Gasteiger partial charge in [0.25, 0.3) is 0 Å². The number of nitrogens with two attached hydrogens (primary N) is 3. The van der Waals surface area contributed by atoms with Gasteiger partial charge in [-0.15, -0.1) is 24.9 Å². The molecule has 3 aliphatic heterocycles. The number of nitrogens with zero attached hydrogens (tertiary/aromatic N) is 5. The smallest absolute Gasteiger partial charge is 0.245 e. The minimum atomic E-state index is -1.57. The molecule has 129 heavy (non-hydrogen) atoms. The lowest BCUT2D eigenvalue weighted by Crippen LogP contribution is -2.61. The zero-order chi connectivity index (χ0) is 94.5. The molecule has 38 nitrogen and oxygen atoms in total. The third kappa shape index (κ3) is 28.2. The minimum Gasteiger partial charge on any atom is -0.508 e. The number of H-pyrrole nitrogens is 2. The lowest BCUT2D eigenvalue weighted by molar-refractivity contribution is -0.149. The quantitative estimate of drug-likeness (QED) is 0.0351. The van der Waals surface area contributed by atoms with E-state index >= 15 is 33.6 Å². The van der Waals surface area contributed by atoms with E-state index in [9.17, 15) is 53.1 Å². The van der Waals surface area contributed by atoms with E-state index in [0.29, 0.717) is 70.6 Å². The number of thioether (sulfide) groups is 1. The Bertz CT molecular complexity index is 4860. The van der Waals surface area contributed by atoms with Crippen LogP contribution in [0.5, 0.6) is 5.75 Å². The van der Waals surface area contributed by atoms with Crippen LogP contribution in [0.15, 0.2) is 111 Å². The molecule has 5 heterocycles. The number of likely N-dealkylation sites (N-methyl/N-ethyl adjacent to an activating group) is 3. The first-order valence-corrected chi connectivity index (χ1v) is 45.0. The van der Waals surface area contributed by atoms with Crippen LogP contribution in [0.2, 0.25) is 0 Å². The number of hydrogen-bond donors (Lipinski definition) is 16. The topological polar surface area (TPSA) is 557 Å². The average Bonchev–Trinajstić information content (AvgIpc) is 1.80. The van der Waals surface area contributed by atoms with Crippen LogP contribution in [-0.4, -0.2) is 283 Å². The number of benzene rings is 3. The number of aromatic nitrogens is 2. The molecule has 2 aromatic heterocycles. The van der Waals surface area contributed by atoms with Gasteiger partial charge in [-0.2, -0.15) is 0 Å². The molecular weight excluding hydrogens is 1680 g/mol. The summed E-state index contributed by atoms with van der Waals surface area (Å²) in [6.45, 7) is 15.1. The van der Waals surface area contributed by atoms with Gasteiger partial charge in [0.2, 0.25) is 100 Å². The van der Waals surface area contributed by atoms with Crippen molar-refractivity contribution in [2.75, 3.05) is 58.8 Å². The Labute approximate surface area is 754 Å². The molecule has 8 rings (SSSR count). The summed E-state index contributed by atoms with van der Waals surface area (Å²) in [7, 11) is 4.04. The highest BCUT2D eigenvalue weighted by Crippen LogP contribution is 2.28. The van der Waals surface area contributed by atoms with Crippen LogP contribution in [-0.2, 0) is 101 Å². The van der Waals surface area contributed by atoms with E-state index in [0.717, 1.165) is 21.6 Å². The van der Waals surface area contributed by atoms with Gasteiger partial charge in [-0.05, 0) is 118 Å². The maximum absolute atomic E-state index is 15.8. The monoisotopic (exact) mass is 1810 g/mol. The molecule has 17 amide bonds. The van der Waals surface area contributed by atoms with Crippen molar-refractivity contribution in [3.63, 3.8) is 0 Å². The first-order valence-electron chi connectivity index (χ1n) is 43.9. The highest BCUT2D eigenvalue weighted by atomic mass is 32.2. The summed E-state index contributed by atoms with van der Waals surface area (Å²) in [5, 5.41) is 38.6. The Morgan fingerprint density at radius 1 is 0.519 bits per heavy atom. The molecule has 0 aliphatic carbocycles. The zero-order valence-corrected chi connectivity index (χ0v) is 75.4. The molecule has 0 saturated carbocycles. The van der Waals surface area contributed by atoms with E-state index in [1.807, 2.05) is 50.2 Å². The molecule has 3 saturated heterocycles. The average molecular weight is 1810 g/mol. The van der Waals surface area contributed by atoms with Gasteiger partial charge in [0.05, 0.1) is 12.3 Å². The number of fused-ring (bicyclic) bond motifs is 4. The van der Waals surface area contributed by atoms with E-state index in [1.54, 1.807) is 38.4 Å². The van der Waals surface area contributed by atoms with Crippen LogP contribution in [0.4, 0.5) is 0 Å². The number of unbranched alkanes of at least 4 members (excludes halogenated alkanes) is 2. The van der Waals surface area contributed by atoms with Crippen LogP contribution in [0.25, 0.3) is 21.8 Å². The summed E-state index contributed by atoms with van der Waals surface area (Å²) in [6, 6.07) is 0.168. The second kappa shape index (κ2) is 49.0. The van der Waals surface area contributed by atoms with Crippen molar-refractivity contribution in [3.8, 4) is 5.75 Å². The number of aromatic hydroxyl groups is 1. The normalized spacial score (nSPS) is 24.8. The number of carbonyl (C=O) groups is 17. The molecule has 0 radical (unpaired) electrons. The Hall–Kier alpha value is -12.7. The molecule has 3 fully saturated rings. The Morgan fingerprint density at radius 3 is 1.53 bits per heavy atom. The van der Waals surface area contributed by atoms with Crippen molar-refractivity contribution >= 4 is 134 Å². The molecule has 700 valence electrons. The number of phenols is 1. The highest BCUT2D eigenvalue weighted by Gasteiger charge is 2.45. The fraction of sp³-hybridized carbons (Fsp3) is 0.522. The molecule has 39 heteroatoms. The van der Waals surface area contributed by atoms with Crippen molar-refractivity contribution in [2.24, 2.45) is 23.1 Å². The molecule has 5 aromatic rings.